The van der Waals surface area contributed by atoms with Gasteiger partial charge in [0.2, 0.25) is 11.8 Å². The molecule has 1 fully saturated rings. The van der Waals surface area contributed by atoms with Gasteiger partial charge >= 0.3 is 0 Å². The first-order valence-electron chi connectivity index (χ1n) is 7.67. The number of nitrogens with one attached hydrogen (secondary N) is 2. The third-order valence-electron chi connectivity index (χ3n) is 4.64. The molecule has 0 radical (unpaired) electrons. The van der Waals surface area contributed by atoms with Crippen LogP contribution in [-0.4, -0.2) is 30.6 Å². The predicted molar refractivity (Wildman–Crippen MR) is 85.2 cm³/mol. The highest BCUT2D eigenvalue weighted by Crippen LogP contribution is 2.48. The Hall–Kier alpha value is -1.33. The minimum atomic E-state index is 0.0462. The van der Waals surface area contributed by atoms with Crippen molar-refractivity contribution in [2.45, 2.75) is 45.2 Å². The summed E-state index contributed by atoms with van der Waals surface area (Å²) in [5.74, 6) is 0.741. The van der Waals surface area contributed by atoms with Crippen LogP contribution in [0.1, 0.15) is 43.9 Å². The van der Waals surface area contributed by atoms with Gasteiger partial charge in [-0.05, 0) is 29.9 Å². The first-order valence-corrected chi connectivity index (χ1v) is 8.04. The van der Waals surface area contributed by atoms with Crippen LogP contribution in [-0.2, 0) is 11.2 Å². The predicted octanol–water partition coefficient (Wildman–Crippen LogP) is 2.24. The van der Waals surface area contributed by atoms with E-state index in [1.165, 1.54) is 5.56 Å². The topological polar surface area (TPSA) is 63.2 Å². The number of carbonyl (C=O) groups excluding carboxylic acids is 1. The quantitative estimate of drug-likeness (QED) is 0.834. The molecule has 0 saturated carbocycles. The smallest absolute Gasteiger partial charge is 0.220 e. The molecule has 1 amide bonds. The zero-order valence-electron chi connectivity index (χ0n) is 13.2. The lowest BCUT2D eigenvalue weighted by Crippen LogP contribution is -2.40. The Morgan fingerprint density at radius 3 is 2.95 bits per heavy atom. The lowest BCUT2D eigenvalue weighted by molar-refractivity contribution is -0.119. The van der Waals surface area contributed by atoms with Crippen LogP contribution in [0.5, 0.6) is 5.88 Å². The highest BCUT2D eigenvalue weighted by molar-refractivity contribution is 6.29. The van der Waals surface area contributed by atoms with Crippen molar-refractivity contribution in [1.29, 1.82) is 0 Å². The number of aromatic nitrogens is 1. The van der Waals surface area contributed by atoms with Crippen LogP contribution in [0.25, 0.3) is 0 Å². The standard InChI is InChI=1S/C16H22ClN3O2/c1-16(2)7-9-6-11(17)20-15(22-3)13(9)14(16)18-8-10-4-5-12(21)19-10/h6,10,14,18H,4-5,7-8H2,1-3H3,(H,19,21)/t10-,14-/m0/s1. The number of hydrogen-bond acceptors (Lipinski definition) is 4. The van der Waals surface area contributed by atoms with Gasteiger partial charge in [0.25, 0.3) is 0 Å². The summed E-state index contributed by atoms with van der Waals surface area (Å²) in [5, 5.41) is 7.07. The second-order valence-corrected chi connectivity index (χ2v) is 7.22. The molecule has 1 saturated heterocycles. The number of fused-ring (bicyclic) bond motifs is 1. The molecule has 2 aliphatic rings. The molecule has 1 aliphatic carbocycles. The summed E-state index contributed by atoms with van der Waals surface area (Å²) in [6, 6.07) is 2.28. The molecule has 2 heterocycles. The maximum absolute atomic E-state index is 11.3. The van der Waals surface area contributed by atoms with E-state index < -0.39 is 0 Å². The van der Waals surface area contributed by atoms with Gasteiger partial charge < -0.3 is 15.4 Å². The Bertz CT molecular complexity index is 603. The van der Waals surface area contributed by atoms with Gasteiger partial charge in [0, 0.05) is 30.6 Å². The Labute approximate surface area is 135 Å². The van der Waals surface area contributed by atoms with Gasteiger partial charge in [-0.2, -0.15) is 0 Å². The molecule has 0 aromatic carbocycles. The van der Waals surface area contributed by atoms with E-state index in [-0.39, 0.29) is 23.4 Å². The van der Waals surface area contributed by atoms with Gasteiger partial charge in [-0.3, -0.25) is 4.79 Å². The van der Waals surface area contributed by atoms with E-state index in [1.807, 2.05) is 6.07 Å². The van der Waals surface area contributed by atoms with Crippen molar-refractivity contribution in [3.05, 3.63) is 22.3 Å². The Kier molecular flexibility index (Phi) is 4.03. The largest absolute Gasteiger partial charge is 0.481 e. The number of rotatable bonds is 4. The molecular weight excluding hydrogens is 302 g/mol. The van der Waals surface area contributed by atoms with Crippen molar-refractivity contribution in [1.82, 2.24) is 15.6 Å². The molecule has 6 heteroatoms. The molecule has 0 spiro atoms. The molecular formula is C16H22ClN3O2. The molecule has 3 rings (SSSR count). The van der Waals surface area contributed by atoms with Gasteiger partial charge in [-0.1, -0.05) is 25.4 Å². The van der Waals surface area contributed by atoms with Crippen molar-refractivity contribution in [2.75, 3.05) is 13.7 Å². The van der Waals surface area contributed by atoms with Gasteiger partial charge in [0.1, 0.15) is 5.15 Å². The Balaban J connectivity index is 1.83. The summed E-state index contributed by atoms with van der Waals surface area (Å²) < 4.78 is 5.45. The molecule has 5 nitrogen and oxygen atoms in total. The van der Waals surface area contributed by atoms with E-state index in [4.69, 9.17) is 16.3 Å². The van der Waals surface area contributed by atoms with E-state index in [0.29, 0.717) is 17.5 Å². The second kappa shape index (κ2) is 5.70. The Morgan fingerprint density at radius 1 is 1.55 bits per heavy atom. The number of methoxy groups -OCH3 is 1. The van der Waals surface area contributed by atoms with Gasteiger partial charge in [0.15, 0.2) is 0 Å². The van der Waals surface area contributed by atoms with Crippen LogP contribution in [0.3, 0.4) is 0 Å². The summed E-state index contributed by atoms with van der Waals surface area (Å²) in [5.41, 5.74) is 2.33. The summed E-state index contributed by atoms with van der Waals surface area (Å²) in [6.07, 6.45) is 2.44. The third-order valence-corrected chi connectivity index (χ3v) is 4.83. The molecule has 0 bridgehead atoms. The molecule has 0 unspecified atom stereocenters. The fourth-order valence-corrected chi connectivity index (χ4v) is 3.82. The van der Waals surface area contributed by atoms with Crippen molar-refractivity contribution in [2.24, 2.45) is 5.41 Å². The average molecular weight is 324 g/mol. The maximum Gasteiger partial charge on any atom is 0.220 e. The third kappa shape index (κ3) is 2.79. The SMILES string of the molecule is COc1nc(Cl)cc2c1[C@H](NC[C@@H]1CCC(=O)N1)C(C)(C)C2. The van der Waals surface area contributed by atoms with E-state index in [1.54, 1.807) is 7.11 Å². The zero-order chi connectivity index (χ0) is 15.9. The van der Waals surface area contributed by atoms with Crippen LogP contribution >= 0.6 is 11.6 Å². The van der Waals surface area contributed by atoms with Crippen molar-refractivity contribution in [3.63, 3.8) is 0 Å². The summed E-state index contributed by atoms with van der Waals surface area (Å²) in [7, 11) is 1.62. The van der Waals surface area contributed by atoms with Gasteiger partial charge in [-0.25, -0.2) is 4.98 Å². The van der Waals surface area contributed by atoms with Crippen molar-refractivity contribution in [3.8, 4) is 5.88 Å². The van der Waals surface area contributed by atoms with Crippen LogP contribution in [0.15, 0.2) is 6.07 Å². The van der Waals surface area contributed by atoms with E-state index in [9.17, 15) is 4.79 Å². The monoisotopic (exact) mass is 323 g/mol. The number of amides is 1. The second-order valence-electron chi connectivity index (χ2n) is 6.84. The first kappa shape index (κ1) is 15.6. The number of ether oxygens (including phenoxy) is 1. The Morgan fingerprint density at radius 2 is 2.32 bits per heavy atom. The highest BCUT2D eigenvalue weighted by Gasteiger charge is 2.42. The van der Waals surface area contributed by atoms with Crippen LogP contribution in [0.2, 0.25) is 5.15 Å². The number of pyridine rings is 1. The molecule has 2 atom stereocenters. The number of nitrogens with zero attached hydrogens (tertiary/aromatic N) is 1. The molecule has 1 aromatic rings. The van der Waals surface area contributed by atoms with Gasteiger partial charge in [0.05, 0.1) is 7.11 Å². The minimum absolute atomic E-state index is 0.0462. The summed E-state index contributed by atoms with van der Waals surface area (Å²) in [4.78, 5) is 15.6. The molecule has 22 heavy (non-hydrogen) atoms. The lowest BCUT2D eigenvalue weighted by atomic mass is 9.85. The van der Waals surface area contributed by atoms with E-state index in [0.717, 1.165) is 24.9 Å². The minimum Gasteiger partial charge on any atom is -0.481 e. The van der Waals surface area contributed by atoms with Crippen LogP contribution in [0, 0.1) is 5.41 Å². The summed E-state index contributed by atoms with van der Waals surface area (Å²) in [6.45, 7) is 5.21. The number of hydrogen-bond donors (Lipinski definition) is 2. The summed E-state index contributed by atoms with van der Waals surface area (Å²) >= 11 is 6.09. The first-order chi connectivity index (χ1) is 10.4. The number of carbonyl (C=O) groups is 1. The molecule has 2 N–H and O–H groups in total. The lowest BCUT2D eigenvalue weighted by Gasteiger charge is -2.30. The maximum atomic E-state index is 11.3. The zero-order valence-corrected chi connectivity index (χ0v) is 14.0. The van der Waals surface area contributed by atoms with Crippen molar-refractivity contribution < 1.29 is 9.53 Å². The van der Waals surface area contributed by atoms with Crippen LogP contribution in [0.4, 0.5) is 0 Å². The highest BCUT2D eigenvalue weighted by atomic mass is 35.5. The molecule has 1 aliphatic heterocycles. The molecule has 1 aromatic heterocycles. The van der Waals surface area contributed by atoms with Crippen LogP contribution < -0.4 is 15.4 Å². The van der Waals surface area contributed by atoms with E-state index >= 15 is 0 Å². The molecule has 120 valence electrons. The normalized spacial score (nSPS) is 25.9. The fourth-order valence-electron chi connectivity index (χ4n) is 3.61. The fraction of sp³-hybridized carbons (Fsp3) is 0.625. The van der Waals surface area contributed by atoms with Crippen molar-refractivity contribution >= 4 is 17.5 Å². The van der Waals surface area contributed by atoms with E-state index in [2.05, 4.69) is 29.5 Å². The number of halogens is 1. The average Bonchev–Trinajstić information content (AvgIpc) is 2.95. The van der Waals surface area contributed by atoms with Gasteiger partial charge in [-0.15, -0.1) is 0 Å².